The lowest BCUT2D eigenvalue weighted by atomic mass is 9.97. The fourth-order valence-electron chi connectivity index (χ4n) is 3.59. The monoisotopic (exact) mass is 448 g/mol. The SMILES string of the molecule is CCOc1ccc(S(=O)(=O)N2CCC(C(=O)Nc3ccccc3SC)CC2)cc1C. The molecular weight excluding hydrogens is 420 g/mol. The zero-order valence-electron chi connectivity index (χ0n) is 17.6. The summed E-state index contributed by atoms with van der Waals surface area (Å²) < 4.78 is 33.1. The van der Waals surface area contributed by atoms with Crippen molar-refractivity contribution >= 4 is 33.4 Å². The molecule has 1 heterocycles. The molecule has 162 valence electrons. The highest BCUT2D eigenvalue weighted by Crippen LogP contribution is 2.29. The molecule has 6 nitrogen and oxygen atoms in total. The van der Waals surface area contributed by atoms with Crippen LogP contribution in [0, 0.1) is 12.8 Å². The maximum absolute atomic E-state index is 13.0. The van der Waals surface area contributed by atoms with Crippen LogP contribution in [0.15, 0.2) is 52.3 Å². The second-order valence-electron chi connectivity index (χ2n) is 7.23. The summed E-state index contributed by atoms with van der Waals surface area (Å²) in [6.07, 6.45) is 2.97. The van der Waals surface area contributed by atoms with Crippen molar-refractivity contribution in [3.8, 4) is 5.75 Å². The summed E-state index contributed by atoms with van der Waals surface area (Å²) in [4.78, 5) is 14.0. The number of anilines is 1. The summed E-state index contributed by atoms with van der Waals surface area (Å²) in [7, 11) is -3.59. The molecule has 0 atom stereocenters. The van der Waals surface area contributed by atoms with Gasteiger partial charge in [-0.05, 0) is 68.8 Å². The number of amides is 1. The highest BCUT2D eigenvalue weighted by molar-refractivity contribution is 7.98. The van der Waals surface area contributed by atoms with E-state index in [0.717, 1.165) is 16.1 Å². The van der Waals surface area contributed by atoms with Crippen molar-refractivity contribution in [1.82, 2.24) is 4.31 Å². The number of ether oxygens (including phenoxy) is 1. The van der Waals surface area contributed by atoms with Gasteiger partial charge >= 0.3 is 0 Å². The molecule has 0 aliphatic carbocycles. The number of nitrogens with zero attached hydrogens (tertiary/aromatic N) is 1. The minimum absolute atomic E-state index is 0.0505. The van der Waals surface area contributed by atoms with Crippen LogP contribution in [0.2, 0.25) is 0 Å². The van der Waals surface area contributed by atoms with Crippen molar-refractivity contribution in [3.63, 3.8) is 0 Å². The summed E-state index contributed by atoms with van der Waals surface area (Å²) in [5.74, 6) is 0.441. The Morgan fingerprint density at radius 2 is 1.90 bits per heavy atom. The summed E-state index contributed by atoms with van der Waals surface area (Å²) in [5.41, 5.74) is 1.59. The van der Waals surface area contributed by atoms with Gasteiger partial charge in [0.2, 0.25) is 15.9 Å². The summed E-state index contributed by atoms with van der Waals surface area (Å²) in [5, 5.41) is 3.00. The molecule has 0 spiro atoms. The molecular formula is C22H28N2O4S2. The average Bonchev–Trinajstić information content (AvgIpc) is 2.75. The van der Waals surface area contributed by atoms with Crippen molar-refractivity contribution < 1.29 is 17.9 Å². The molecule has 1 aliphatic rings. The highest BCUT2D eigenvalue weighted by Gasteiger charge is 2.32. The fraction of sp³-hybridized carbons (Fsp3) is 0.409. The van der Waals surface area contributed by atoms with Crippen molar-refractivity contribution in [2.45, 2.75) is 36.5 Å². The van der Waals surface area contributed by atoms with Gasteiger partial charge in [-0.3, -0.25) is 4.79 Å². The van der Waals surface area contributed by atoms with Crippen molar-refractivity contribution in [3.05, 3.63) is 48.0 Å². The molecule has 3 rings (SSSR count). The maximum Gasteiger partial charge on any atom is 0.243 e. The van der Waals surface area contributed by atoms with Gasteiger partial charge < -0.3 is 10.1 Å². The van der Waals surface area contributed by atoms with Crippen LogP contribution in [0.5, 0.6) is 5.75 Å². The van der Waals surface area contributed by atoms with Crippen LogP contribution in [-0.2, 0) is 14.8 Å². The van der Waals surface area contributed by atoms with E-state index >= 15 is 0 Å². The fourth-order valence-corrected chi connectivity index (χ4v) is 5.70. The standard InChI is InChI=1S/C22H28N2O4S2/c1-4-28-20-10-9-18(15-16(20)2)30(26,27)24-13-11-17(12-14-24)22(25)23-19-7-5-6-8-21(19)29-3/h5-10,15,17H,4,11-14H2,1-3H3,(H,23,25). The Balaban J connectivity index is 1.64. The van der Waals surface area contributed by atoms with Gasteiger partial charge in [0, 0.05) is 23.9 Å². The van der Waals surface area contributed by atoms with Crippen molar-refractivity contribution in [2.24, 2.45) is 5.92 Å². The number of carbonyl (C=O) groups is 1. The Morgan fingerprint density at radius 3 is 2.53 bits per heavy atom. The Kier molecular flexibility index (Phi) is 7.44. The van der Waals surface area contributed by atoms with Gasteiger partial charge in [0.05, 0.1) is 17.2 Å². The number of carbonyl (C=O) groups excluding carboxylic acids is 1. The lowest BCUT2D eigenvalue weighted by molar-refractivity contribution is -0.120. The molecule has 1 saturated heterocycles. The Labute approximate surface area is 183 Å². The number of aryl methyl sites for hydroxylation is 1. The van der Waals surface area contributed by atoms with Gasteiger partial charge in [-0.2, -0.15) is 4.31 Å². The van der Waals surface area contributed by atoms with E-state index in [0.29, 0.717) is 38.3 Å². The summed E-state index contributed by atoms with van der Waals surface area (Å²) in [6.45, 7) is 4.93. The lowest BCUT2D eigenvalue weighted by Crippen LogP contribution is -2.41. The van der Waals surface area contributed by atoms with Gasteiger partial charge in [-0.25, -0.2) is 8.42 Å². The molecule has 1 amide bonds. The van der Waals surface area contributed by atoms with E-state index in [1.807, 2.05) is 44.4 Å². The molecule has 8 heteroatoms. The van der Waals surface area contributed by atoms with Gasteiger partial charge in [0.15, 0.2) is 0 Å². The van der Waals surface area contributed by atoms with Gasteiger partial charge in [-0.15, -0.1) is 11.8 Å². The summed E-state index contributed by atoms with van der Waals surface area (Å²) in [6, 6.07) is 12.6. The normalized spacial score (nSPS) is 15.7. The number of sulfonamides is 1. The Bertz CT molecular complexity index is 1000. The third-order valence-corrected chi connectivity index (χ3v) is 7.96. The van der Waals surface area contributed by atoms with E-state index in [9.17, 15) is 13.2 Å². The number of hydrogen-bond acceptors (Lipinski definition) is 5. The smallest absolute Gasteiger partial charge is 0.243 e. The molecule has 2 aromatic carbocycles. The minimum Gasteiger partial charge on any atom is -0.494 e. The number of hydrogen-bond donors (Lipinski definition) is 1. The second kappa shape index (κ2) is 9.85. The molecule has 0 radical (unpaired) electrons. The van der Waals surface area contributed by atoms with Crippen LogP contribution < -0.4 is 10.1 Å². The minimum atomic E-state index is -3.59. The number of piperidine rings is 1. The quantitative estimate of drug-likeness (QED) is 0.644. The Morgan fingerprint density at radius 1 is 1.20 bits per heavy atom. The molecule has 0 saturated carbocycles. The average molecular weight is 449 g/mol. The largest absolute Gasteiger partial charge is 0.494 e. The predicted molar refractivity (Wildman–Crippen MR) is 121 cm³/mol. The van der Waals surface area contributed by atoms with Gasteiger partial charge in [-0.1, -0.05) is 12.1 Å². The van der Waals surface area contributed by atoms with E-state index in [1.54, 1.807) is 30.0 Å². The molecule has 1 N–H and O–H groups in total. The highest BCUT2D eigenvalue weighted by atomic mass is 32.2. The van der Waals surface area contributed by atoms with E-state index in [4.69, 9.17) is 4.74 Å². The number of benzene rings is 2. The first kappa shape index (κ1) is 22.7. The first-order valence-corrected chi connectivity index (χ1v) is 12.7. The van der Waals surface area contributed by atoms with Crippen LogP contribution in [0.25, 0.3) is 0 Å². The molecule has 30 heavy (non-hydrogen) atoms. The second-order valence-corrected chi connectivity index (χ2v) is 10.0. The van der Waals surface area contributed by atoms with Crippen LogP contribution >= 0.6 is 11.8 Å². The zero-order chi connectivity index (χ0) is 21.7. The van der Waals surface area contributed by atoms with Gasteiger partial charge in [0.25, 0.3) is 0 Å². The van der Waals surface area contributed by atoms with Crippen LogP contribution in [-0.4, -0.2) is 44.6 Å². The number of para-hydroxylation sites is 1. The topological polar surface area (TPSA) is 75.7 Å². The molecule has 0 bridgehead atoms. The Hall–Kier alpha value is -2.03. The van der Waals surface area contributed by atoms with Crippen LogP contribution in [0.1, 0.15) is 25.3 Å². The first-order chi connectivity index (χ1) is 14.4. The van der Waals surface area contributed by atoms with Crippen molar-refractivity contribution in [2.75, 3.05) is 31.3 Å². The number of nitrogens with one attached hydrogen (secondary N) is 1. The number of thioether (sulfide) groups is 1. The molecule has 1 fully saturated rings. The van der Waals surface area contributed by atoms with Gasteiger partial charge in [0.1, 0.15) is 5.75 Å². The third-order valence-electron chi connectivity index (χ3n) is 5.27. The third kappa shape index (κ3) is 4.99. The molecule has 0 aromatic heterocycles. The van der Waals surface area contributed by atoms with E-state index in [-0.39, 0.29) is 16.7 Å². The van der Waals surface area contributed by atoms with Crippen LogP contribution in [0.4, 0.5) is 5.69 Å². The first-order valence-electron chi connectivity index (χ1n) is 10.0. The lowest BCUT2D eigenvalue weighted by Gasteiger charge is -2.30. The maximum atomic E-state index is 13.0. The van der Waals surface area contributed by atoms with Crippen LogP contribution in [0.3, 0.4) is 0 Å². The van der Waals surface area contributed by atoms with E-state index in [2.05, 4.69) is 5.32 Å². The van der Waals surface area contributed by atoms with Crippen molar-refractivity contribution in [1.29, 1.82) is 0 Å². The molecule has 1 aliphatic heterocycles. The summed E-state index contributed by atoms with van der Waals surface area (Å²) >= 11 is 1.58. The van der Waals surface area contributed by atoms with E-state index in [1.165, 1.54) is 4.31 Å². The molecule has 2 aromatic rings. The van der Waals surface area contributed by atoms with E-state index < -0.39 is 10.0 Å². The molecule has 0 unspecified atom stereocenters. The predicted octanol–water partition coefficient (Wildman–Crippen LogP) is 4.16. The zero-order valence-corrected chi connectivity index (χ0v) is 19.2. The number of rotatable bonds is 7.